The number of hydrogen-bond acceptors (Lipinski definition) is 3. The van der Waals surface area contributed by atoms with Crippen LogP contribution in [0.3, 0.4) is 0 Å². The van der Waals surface area contributed by atoms with Gasteiger partial charge >= 0.3 is 0 Å². The Morgan fingerprint density at radius 3 is 2.37 bits per heavy atom. The van der Waals surface area contributed by atoms with Gasteiger partial charge in [0.1, 0.15) is 17.1 Å². The van der Waals surface area contributed by atoms with E-state index in [-0.39, 0.29) is 11.3 Å². The monoisotopic (exact) mass is 364 g/mol. The van der Waals surface area contributed by atoms with E-state index in [4.69, 9.17) is 9.47 Å². The number of H-pyrrole nitrogens is 1. The van der Waals surface area contributed by atoms with Crippen molar-refractivity contribution >= 4 is 16.8 Å². The SMILES string of the molecule is COc1cccc(OC)c1C(=O)NCC1(c2c(C)[nH]c3ccccc23)CC1. The van der Waals surface area contributed by atoms with Crippen molar-refractivity contribution in [3.8, 4) is 11.5 Å². The lowest BCUT2D eigenvalue weighted by molar-refractivity contribution is 0.0943. The standard InChI is InChI=1S/C22H24N2O3/c1-14-20(15-7-4-5-8-16(15)24-14)22(11-12-22)13-23-21(25)19-17(26-2)9-6-10-18(19)27-3/h4-10,24H,11-13H2,1-3H3,(H,23,25). The van der Waals surface area contributed by atoms with Crippen LogP contribution in [0.15, 0.2) is 42.5 Å². The fourth-order valence-electron chi connectivity index (χ4n) is 4.04. The van der Waals surface area contributed by atoms with Crippen LogP contribution in [0.25, 0.3) is 10.9 Å². The van der Waals surface area contributed by atoms with E-state index in [1.165, 1.54) is 16.6 Å². The van der Waals surface area contributed by atoms with Crippen LogP contribution in [0.5, 0.6) is 11.5 Å². The summed E-state index contributed by atoms with van der Waals surface area (Å²) in [5, 5.41) is 4.37. The van der Waals surface area contributed by atoms with Gasteiger partial charge in [0.25, 0.3) is 5.91 Å². The first-order valence-electron chi connectivity index (χ1n) is 9.16. The normalized spacial score (nSPS) is 14.8. The summed E-state index contributed by atoms with van der Waals surface area (Å²) in [6.07, 6.45) is 2.14. The molecule has 0 aliphatic heterocycles. The molecule has 1 aromatic heterocycles. The molecular formula is C22H24N2O3. The Bertz CT molecular complexity index is 980. The molecule has 0 saturated heterocycles. The third-order valence-corrected chi connectivity index (χ3v) is 5.52. The quantitative estimate of drug-likeness (QED) is 0.696. The van der Waals surface area contributed by atoms with E-state index >= 15 is 0 Å². The summed E-state index contributed by atoms with van der Waals surface area (Å²) < 4.78 is 10.7. The van der Waals surface area contributed by atoms with Gasteiger partial charge in [-0.05, 0) is 43.5 Å². The van der Waals surface area contributed by atoms with Crippen molar-refractivity contribution in [3.05, 3.63) is 59.3 Å². The number of methoxy groups -OCH3 is 2. The molecule has 27 heavy (non-hydrogen) atoms. The number of fused-ring (bicyclic) bond motifs is 1. The number of aromatic nitrogens is 1. The van der Waals surface area contributed by atoms with Crippen LogP contribution in [0.4, 0.5) is 0 Å². The minimum atomic E-state index is -0.173. The van der Waals surface area contributed by atoms with Crippen molar-refractivity contribution in [1.29, 1.82) is 0 Å². The van der Waals surface area contributed by atoms with Crippen LogP contribution in [0, 0.1) is 6.92 Å². The fourth-order valence-corrected chi connectivity index (χ4v) is 4.04. The molecule has 1 aliphatic rings. The van der Waals surface area contributed by atoms with E-state index in [9.17, 15) is 4.79 Å². The maximum Gasteiger partial charge on any atom is 0.258 e. The van der Waals surface area contributed by atoms with Crippen LogP contribution < -0.4 is 14.8 Å². The molecule has 2 aromatic carbocycles. The van der Waals surface area contributed by atoms with Crippen molar-refractivity contribution in [3.63, 3.8) is 0 Å². The van der Waals surface area contributed by atoms with Gasteiger partial charge in [0, 0.05) is 28.6 Å². The molecule has 5 heteroatoms. The second kappa shape index (κ2) is 6.65. The maximum atomic E-state index is 12.9. The molecule has 140 valence electrons. The highest BCUT2D eigenvalue weighted by Gasteiger charge is 2.47. The molecule has 0 unspecified atom stereocenters. The molecule has 4 rings (SSSR count). The molecule has 1 aliphatic carbocycles. The van der Waals surface area contributed by atoms with Gasteiger partial charge in [0.2, 0.25) is 0 Å². The highest BCUT2D eigenvalue weighted by atomic mass is 16.5. The van der Waals surface area contributed by atoms with Gasteiger partial charge < -0.3 is 19.8 Å². The first kappa shape index (κ1) is 17.5. The zero-order valence-corrected chi connectivity index (χ0v) is 15.9. The summed E-state index contributed by atoms with van der Waals surface area (Å²) in [5.74, 6) is 0.855. The highest BCUT2D eigenvalue weighted by molar-refractivity contribution is 6.00. The number of ether oxygens (including phenoxy) is 2. The number of aromatic amines is 1. The third-order valence-electron chi connectivity index (χ3n) is 5.52. The summed E-state index contributed by atoms with van der Waals surface area (Å²) >= 11 is 0. The molecule has 1 amide bonds. The second-order valence-electron chi connectivity index (χ2n) is 7.17. The average Bonchev–Trinajstić information content (AvgIpc) is 3.39. The Morgan fingerprint density at radius 1 is 1.07 bits per heavy atom. The maximum absolute atomic E-state index is 12.9. The van der Waals surface area contributed by atoms with Crippen molar-refractivity contribution in [2.24, 2.45) is 0 Å². The summed E-state index contributed by atoms with van der Waals surface area (Å²) in [6, 6.07) is 13.7. The first-order chi connectivity index (χ1) is 13.1. The molecule has 1 saturated carbocycles. The molecule has 2 N–H and O–H groups in total. The van der Waals surface area contributed by atoms with Crippen molar-refractivity contribution in [2.75, 3.05) is 20.8 Å². The van der Waals surface area contributed by atoms with Gasteiger partial charge in [-0.25, -0.2) is 0 Å². The minimum absolute atomic E-state index is 0.00536. The zero-order chi connectivity index (χ0) is 19.0. The summed E-state index contributed by atoms with van der Waals surface area (Å²) in [7, 11) is 3.12. The number of carbonyl (C=O) groups excluding carboxylic acids is 1. The average molecular weight is 364 g/mol. The number of benzene rings is 2. The summed E-state index contributed by atoms with van der Waals surface area (Å²) in [4.78, 5) is 16.4. The van der Waals surface area contributed by atoms with Crippen molar-refractivity contribution in [1.82, 2.24) is 10.3 Å². The summed E-state index contributed by atoms with van der Waals surface area (Å²) in [6.45, 7) is 2.70. The van der Waals surface area contributed by atoms with E-state index in [0.717, 1.165) is 18.4 Å². The van der Waals surface area contributed by atoms with Gasteiger partial charge in [-0.15, -0.1) is 0 Å². The predicted molar refractivity (Wildman–Crippen MR) is 106 cm³/mol. The van der Waals surface area contributed by atoms with Gasteiger partial charge in [-0.2, -0.15) is 0 Å². The van der Waals surface area contributed by atoms with E-state index in [0.29, 0.717) is 23.6 Å². The number of nitrogens with one attached hydrogen (secondary N) is 2. The molecular weight excluding hydrogens is 340 g/mol. The molecule has 0 radical (unpaired) electrons. The van der Waals surface area contributed by atoms with E-state index in [1.807, 2.05) is 12.1 Å². The number of hydrogen-bond donors (Lipinski definition) is 2. The molecule has 3 aromatic rings. The van der Waals surface area contributed by atoms with E-state index in [2.05, 4.69) is 35.4 Å². The second-order valence-corrected chi connectivity index (χ2v) is 7.17. The molecule has 0 bridgehead atoms. The van der Waals surface area contributed by atoms with Gasteiger partial charge in [-0.3, -0.25) is 4.79 Å². The molecule has 5 nitrogen and oxygen atoms in total. The van der Waals surface area contributed by atoms with Gasteiger partial charge in [-0.1, -0.05) is 24.3 Å². The lowest BCUT2D eigenvalue weighted by Crippen LogP contribution is -2.33. The number of para-hydroxylation sites is 1. The number of amides is 1. The van der Waals surface area contributed by atoms with Gasteiger partial charge in [0.05, 0.1) is 14.2 Å². The molecule has 1 fully saturated rings. The Morgan fingerprint density at radius 2 is 1.74 bits per heavy atom. The van der Waals surface area contributed by atoms with Crippen molar-refractivity contribution in [2.45, 2.75) is 25.2 Å². The summed E-state index contributed by atoms with van der Waals surface area (Å²) in [5.41, 5.74) is 4.08. The van der Waals surface area contributed by atoms with Crippen LogP contribution in [0.2, 0.25) is 0 Å². The third kappa shape index (κ3) is 2.93. The lowest BCUT2D eigenvalue weighted by Gasteiger charge is -2.19. The first-order valence-corrected chi connectivity index (χ1v) is 9.16. The largest absolute Gasteiger partial charge is 0.496 e. The van der Waals surface area contributed by atoms with E-state index in [1.54, 1.807) is 26.4 Å². The van der Waals surface area contributed by atoms with Crippen LogP contribution in [-0.2, 0) is 5.41 Å². The number of carbonyl (C=O) groups is 1. The molecule has 1 heterocycles. The Labute approximate surface area is 158 Å². The Hall–Kier alpha value is -2.95. The highest BCUT2D eigenvalue weighted by Crippen LogP contribution is 2.51. The Kier molecular flexibility index (Phi) is 4.30. The predicted octanol–water partition coefficient (Wildman–Crippen LogP) is 3.96. The zero-order valence-electron chi connectivity index (χ0n) is 15.9. The lowest BCUT2D eigenvalue weighted by atomic mass is 9.92. The number of rotatable bonds is 6. The van der Waals surface area contributed by atoms with E-state index < -0.39 is 0 Å². The fraction of sp³-hybridized carbons (Fsp3) is 0.318. The van der Waals surface area contributed by atoms with Crippen LogP contribution in [-0.4, -0.2) is 31.7 Å². The van der Waals surface area contributed by atoms with Crippen molar-refractivity contribution < 1.29 is 14.3 Å². The minimum Gasteiger partial charge on any atom is -0.496 e. The topological polar surface area (TPSA) is 63.4 Å². The van der Waals surface area contributed by atoms with Crippen LogP contribution >= 0.6 is 0 Å². The Balaban J connectivity index is 1.61. The number of aryl methyl sites for hydroxylation is 1. The molecule has 0 spiro atoms. The smallest absolute Gasteiger partial charge is 0.258 e. The molecule has 0 atom stereocenters. The van der Waals surface area contributed by atoms with Crippen LogP contribution in [0.1, 0.15) is 34.5 Å². The van der Waals surface area contributed by atoms with Gasteiger partial charge in [0.15, 0.2) is 0 Å².